The van der Waals surface area contributed by atoms with E-state index in [1.807, 2.05) is 0 Å². The third-order valence-corrected chi connectivity index (χ3v) is 5.20. The minimum atomic E-state index is -3.15. The second-order valence-corrected chi connectivity index (χ2v) is 7.06. The Balaban J connectivity index is 1.86. The maximum absolute atomic E-state index is 14.7. The lowest BCUT2D eigenvalue weighted by Gasteiger charge is -2.38. The van der Waals surface area contributed by atoms with Gasteiger partial charge in [0.15, 0.2) is 0 Å². The number of carbonyl (C=O) groups is 3. The van der Waals surface area contributed by atoms with Crippen LogP contribution < -0.4 is 11.1 Å². The molecule has 27 heavy (non-hydrogen) atoms. The zero-order valence-electron chi connectivity index (χ0n) is 14.6. The van der Waals surface area contributed by atoms with E-state index in [4.69, 9.17) is 10.8 Å². The van der Waals surface area contributed by atoms with Crippen molar-refractivity contribution in [2.75, 3.05) is 25.4 Å². The smallest absolute Gasteiger partial charge is 0.317 e. The quantitative estimate of drug-likeness (QED) is 0.535. The van der Waals surface area contributed by atoms with Crippen molar-refractivity contribution in [2.24, 2.45) is 0 Å². The van der Waals surface area contributed by atoms with Gasteiger partial charge in [-0.3, -0.25) is 24.6 Å². The first-order valence-corrected chi connectivity index (χ1v) is 8.73. The number of amides is 2. The van der Waals surface area contributed by atoms with E-state index in [1.54, 1.807) is 12.1 Å². The van der Waals surface area contributed by atoms with Gasteiger partial charge in [0.1, 0.15) is 0 Å². The van der Waals surface area contributed by atoms with Crippen molar-refractivity contribution in [3.05, 3.63) is 29.3 Å². The number of hydrogen-bond acceptors (Lipinski definition) is 5. The monoisotopic (exact) mass is 381 g/mol. The molecule has 2 saturated heterocycles. The number of nitrogen functional groups attached to an aromatic ring is 1. The zero-order valence-corrected chi connectivity index (χ0v) is 14.6. The normalized spacial score (nSPS) is 25.9. The van der Waals surface area contributed by atoms with Crippen molar-refractivity contribution in [1.29, 1.82) is 0 Å². The van der Waals surface area contributed by atoms with Crippen molar-refractivity contribution in [3.8, 4) is 0 Å². The molecule has 0 aliphatic carbocycles. The summed E-state index contributed by atoms with van der Waals surface area (Å²) in [4.78, 5) is 35.4. The van der Waals surface area contributed by atoms with Gasteiger partial charge in [-0.2, -0.15) is 0 Å². The Kier molecular flexibility index (Phi) is 5.14. The van der Waals surface area contributed by atoms with Crippen LogP contribution in [0.5, 0.6) is 0 Å². The molecule has 0 radical (unpaired) electrons. The molecule has 9 heteroatoms. The van der Waals surface area contributed by atoms with Crippen LogP contribution in [0.4, 0.5) is 14.5 Å². The van der Waals surface area contributed by atoms with Gasteiger partial charge in [0.05, 0.1) is 24.9 Å². The number of anilines is 1. The second-order valence-electron chi connectivity index (χ2n) is 7.06. The molecule has 7 nitrogen and oxygen atoms in total. The average Bonchev–Trinajstić information content (AvgIpc) is 2.55. The van der Waals surface area contributed by atoms with Crippen molar-refractivity contribution >= 4 is 23.5 Å². The zero-order chi connectivity index (χ0) is 19.8. The van der Waals surface area contributed by atoms with E-state index in [0.717, 1.165) is 0 Å². The Labute approximate surface area is 154 Å². The molecule has 2 aliphatic rings. The Hall–Kier alpha value is -2.55. The van der Waals surface area contributed by atoms with E-state index in [-0.39, 0.29) is 43.0 Å². The number of rotatable bonds is 4. The van der Waals surface area contributed by atoms with Crippen molar-refractivity contribution in [2.45, 2.75) is 37.0 Å². The van der Waals surface area contributed by atoms with Crippen LogP contribution in [0.1, 0.15) is 42.2 Å². The third-order valence-electron chi connectivity index (χ3n) is 5.20. The number of carboxylic acid groups (broad SMARTS) is 1. The molecule has 146 valence electrons. The van der Waals surface area contributed by atoms with Gasteiger partial charge < -0.3 is 10.8 Å². The lowest BCUT2D eigenvalue weighted by molar-refractivity contribution is -0.142. The SMILES string of the molecule is Nc1c(C2CCC(=O)NC2=O)cccc1C1CCN(CC(=O)O)CC1(F)F. The first kappa shape index (κ1) is 19.2. The van der Waals surface area contributed by atoms with Crippen LogP contribution in [0.15, 0.2) is 18.2 Å². The van der Waals surface area contributed by atoms with Gasteiger partial charge in [0.25, 0.3) is 5.92 Å². The molecule has 2 heterocycles. The van der Waals surface area contributed by atoms with Crippen LogP contribution in [-0.4, -0.2) is 53.3 Å². The molecular weight excluding hydrogens is 360 g/mol. The number of piperidine rings is 2. The van der Waals surface area contributed by atoms with Crippen molar-refractivity contribution in [1.82, 2.24) is 10.2 Å². The van der Waals surface area contributed by atoms with Crippen LogP contribution in [0.2, 0.25) is 0 Å². The van der Waals surface area contributed by atoms with Crippen molar-refractivity contribution < 1.29 is 28.3 Å². The molecular formula is C18H21F2N3O4. The molecule has 0 bridgehead atoms. The summed E-state index contributed by atoms with van der Waals surface area (Å²) in [6.07, 6.45) is 0.513. The molecule has 2 atom stereocenters. The fourth-order valence-electron chi connectivity index (χ4n) is 3.92. The average molecular weight is 381 g/mol. The molecule has 4 N–H and O–H groups in total. The Morgan fingerprint density at radius 1 is 1.30 bits per heavy atom. The molecule has 2 fully saturated rings. The first-order valence-electron chi connectivity index (χ1n) is 8.73. The van der Waals surface area contributed by atoms with E-state index in [0.29, 0.717) is 5.56 Å². The molecule has 2 aliphatic heterocycles. The number of benzene rings is 1. The van der Waals surface area contributed by atoms with E-state index in [9.17, 15) is 23.2 Å². The number of likely N-dealkylation sites (tertiary alicyclic amines) is 1. The van der Waals surface area contributed by atoms with Crippen LogP contribution >= 0.6 is 0 Å². The molecule has 2 unspecified atom stereocenters. The minimum absolute atomic E-state index is 0.0588. The Morgan fingerprint density at radius 3 is 2.63 bits per heavy atom. The second kappa shape index (κ2) is 7.22. The number of nitrogens with one attached hydrogen (secondary N) is 1. The van der Waals surface area contributed by atoms with Gasteiger partial charge in [-0.15, -0.1) is 0 Å². The predicted molar refractivity (Wildman–Crippen MR) is 92.4 cm³/mol. The fourth-order valence-corrected chi connectivity index (χ4v) is 3.92. The summed E-state index contributed by atoms with van der Waals surface area (Å²) >= 11 is 0. The Morgan fingerprint density at radius 2 is 2.00 bits per heavy atom. The van der Waals surface area contributed by atoms with Crippen LogP contribution in [0, 0.1) is 0 Å². The highest BCUT2D eigenvalue weighted by Gasteiger charge is 2.46. The van der Waals surface area contributed by atoms with Gasteiger partial charge in [-0.1, -0.05) is 18.2 Å². The highest BCUT2D eigenvalue weighted by Crippen LogP contribution is 2.44. The number of alkyl halides is 2. The number of para-hydroxylation sites is 1. The molecule has 0 saturated carbocycles. The fraction of sp³-hybridized carbons (Fsp3) is 0.500. The number of carbonyl (C=O) groups excluding carboxylic acids is 2. The van der Waals surface area contributed by atoms with Crippen LogP contribution in [0.25, 0.3) is 0 Å². The number of halogens is 2. The summed E-state index contributed by atoms with van der Waals surface area (Å²) in [6, 6.07) is 4.73. The van der Waals surface area contributed by atoms with Crippen LogP contribution in [0.3, 0.4) is 0 Å². The highest BCUT2D eigenvalue weighted by molar-refractivity contribution is 6.01. The lowest BCUT2D eigenvalue weighted by atomic mass is 9.81. The summed E-state index contributed by atoms with van der Waals surface area (Å²) in [7, 11) is 0. The first-order chi connectivity index (χ1) is 12.7. The molecule has 3 rings (SSSR count). The van der Waals surface area contributed by atoms with Crippen molar-refractivity contribution in [3.63, 3.8) is 0 Å². The number of nitrogens with two attached hydrogens (primary N) is 1. The van der Waals surface area contributed by atoms with E-state index in [2.05, 4.69) is 5.32 Å². The summed E-state index contributed by atoms with van der Waals surface area (Å²) in [5, 5.41) is 11.1. The Bertz CT molecular complexity index is 784. The van der Waals surface area contributed by atoms with E-state index >= 15 is 0 Å². The summed E-state index contributed by atoms with van der Waals surface area (Å²) in [6.45, 7) is -0.880. The number of imide groups is 1. The summed E-state index contributed by atoms with van der Waals surface area (Å²) in [5.41, 5.74) is 7.02. The molecule has 0 spiro atoms. The van der Waals surface area contributed by atoms with Crippen LogP contribution in [-0.2, 0) is 14.4 Å². The van der Waals surface area contributed by atoms with E-state index in [1.165, 1.54) is 11.0 Å². The largest absolute Gasteiger partial charge is 0.480 e. The summed E-state index contributed by atoms with van der Waals surface area (Å²) in [5.74, 6) is -6.94. The van der Waals surface area contributed by atoms with Gasteiger partial charge in [-0.25, -0.2) is 8.78 Å². The number of aliphatic carboxylic acids is 1. The van der Waals surface area contributed by atoms with Gasteiger partial charge >= 0.3 is 5.97 Å². The number of nitrogens with zero attached hydrogens (tertiary/aromatic N) is 1. The molecule has 1 aromatic rings. The summed E-state index contributed by atoms with van der Waals surface area (Å²) < 4.78 is 29.4. The number of carboxylic acids is 1. The van der Waals surface area contributed by atoms with Gasteiger partial charge in [0, 0.05) is 12.1 Å². The highest BCUT2D eigenvalue weighted by atomic mass is 19.3. The topological polar surface area (TPSA) is 113 Å². The number of hydrogen-bond donors (Lipinski definition) is 3. The van der Waals surface area contributed by atoms with Gasteiger partial charge in [-0.05, 0) is 30.5 Å². The standard InChI is InChI=1S/C18H21F2N3O4/c19-18(20)9-23(8-15(25)26)7-6-13(18)12-3-1-2-10(16(12)21)11-4-5-14(24)22-17(11)27/h1-3,11,13H,4-9,21H2,(H,25,26)(H,22,24,27). The molecule has 1 aromatic carbocycles. The third kappa shape index (κ3) is 3.92. The minimum Gasteiger partial charge on any atom is -0.480 e. The molecule has 0 aromatic heterocycles. The molecule has 2 amide bonds. The maximum atomic E-state index is 14.7. The van der Waals surface area contributed by atoms with Gasteiger partial charge in [0.2, 0.25) is 11.8 Å². The maximum Gasteiger partial charge on any atom is 0.317 e. The lowest BCUT2D eigenvalue weighted by Crippen LogP contribution is -2.49. The van der Waals surface area contributed by atoms with E-state index < -0.39 is 42.7 Å². The predicted octanol–water partition coefficient (Wildman–Crippen LogP) is 1.30.